The van der Waals surface area contributed by atoms with Crippen molar-refractivity contribution in [2.75, 3.05) is 65.5 Å². The van der Waals surface area contributed by atoms with Crippen molar-refractivity contribution >= 4 is 52.2 Å². The average molecular weight is 1040 g/mol. The molecule has 404 valence electrons. The number of alkyl halides is 3. The van der Waals surface area contributed by atoms with Crippen LogP contribution in [0.2, 0.25) is 0 Å². The number of fused-ring (bicyclic) bond motifs is 1. The summed E-state index contributed by atoms with van der Waals surface area (Å²) in [6.07, 6.45) is 6.06. The van der Waals surface area contributed by atoms with E-state index in [1.807, 2.05) is 11.0 Å². The number of hydrogen-bond acceptors (Lipinski definition) is 13. The van der Waals surface area contributed by atoms with Crippen molar-refractivity contribution < 1.29 is 51.4 Å². The first kappa shape index (κ1) is 55.7. The Morgan fingerprint density at radius 2 is 1.64 bits per heavy atom. The van der Waals surface area contributed by atoms with Crippen molar-refractivity contribution in [1.29, 1.82) is 0 Å². The zero-order valence-corrected chi connectivity index (χ0v) is 42.8. The van der Waals surface area contributed by atoms with E-state index < -0.39 is 23.7 Å². The van der Waals surface area contributed by atoms with E-state index in [2.05, 4.69) is 67.3 Å². The third kappa shape index (κ3) is 14.6. The number of amides is 6. The highest BCUT2D eigenvalue weighted by molar-refractivity contribution is 5.94. The van der Waals surface area contributed by atoms with Crippen LogP contribution in [-0.4, -0.2) is 162 Å². The van der Waals surface area contributed by atoms with Crippen molar-refractivity contribution in [3.05, 3.63) is 60.2 Å². The predicted octanol–water partition coefficient (Wildman–Crippen LogP) is 4.13. The van der Waals surface area contributed by atoms with E-state index in [0.29, 0.717) is 76.5 Å². The molecule has 4 heterocycles. The minimum absolute atomic E-state index is 0.0627. The van der Waals surface area contributed by atoms with Crippen molar-refractivity contribution in [1.82, 2.24) is 50.9 Å². The molecule has 3 aromatic rings. The fourth-order valence-corrected chi connectivity index (χ4v) is 10.8. The van der Waals surface area contributed by atoms with Crippen LogP contribution in [0.3, 0.4) is 0 Å². The van der Waals surface area contributed by atoms with E-state index in [4.69, 9.17) is 9.47 Å². The SMILES string of the molecule is CC(C)N(C)[C@@H]1CC[C@H](N2CC[C@H](Nc3ncnc4ccc(C(F)(F)F)cc34)C2=O)[C@H](NC(=O)C2CCC(NC(=O)CCOCCOCCNC(=O)CCCNC(=O)[C@H]3CC(=O)N(C)[C@@H]3c3cccnc3)CC2)C1. The Bertz CT molecular complexity index is 2410. The summed E-state index contributed by atoms with van der Waals surface area (Å²) >= 11 is 0. The van der Waals surface area contributed by atoms with E-state index in [0.717, 1.165) is 24.1 Å². The number of hydrogen-bond donors (Lipinski definition) is 5. The first-order valence-corrected chi connectivity index (χ1v) is 26.0. The Hall–Kier alpha value is -6.00. The molecule has 74 heavy (non-hydrogen) atoms. The second-order valence-electron chi connectivity index (χ2n) is 20.3. The third-order valence-electron chi connectivity index (χ3n) is 15.1. The highest BCUT2D eigenvalue weighted by Gasteiger charge is 2.45. The van der Waals surface area contributed by atoms with Crippen LogP contribution in [0.5, 0.6) is 0 Å². The zero-order chi connectivity index (χ0) is 52.9. The Kier molecular flexibility index (Phi) is 19.6. The number of pyridine rings is 1. The van der Waals surface area contributed by atoms with Crippen molar-refractivity contribution in [3.63, 3.8) is 0 Å². The maximum atomic E-state index is 14.1. The number of carbonyl (C=O) groups excluding carboxylic acids is 6. The summed E-state index contributed by atoms with van der Waals surface area (Å²) in [6.45, 7) is 6.35. The first-order chi connectivity index (χ1) is 35.5. The highest BCUT2D eigenvalue weighted by Crippen LogP contribution is 2.38. The number of nitrogens with one attached hydrogen (secondary N) is 5. The van der Waals surface area contributed by atoms with Gasteiger partial charge in [0.05, 0.1) is 61.6 Å². The lowest BCUT2D eigenvalue weighted by molar-refractivity contribution is -0.137. The topological polar surface area (TPSA) is 229 Å². The molecule has 0 radical (unpaired) electrons. The zero-order valence-electron chi connectivity index (χ0n) is 42.8. The van der Waals surface area contributed by atoms with Crippen molar-refractivity contribution in [3.8, 4) is 0 Å². The second kappa shape index (κ2) is 26.0. The van der Waals surface area contributed by atoms with Crippen LogP contribution >= 0.6 is 0 Å². The molecule has 2 aromatic heterocycles. The largest absolute Gasteiger partial charge is 0.416 e. The monoisotopic (exact) mass is 1040 g/mol. The minimum Gasteiger partial charge on any atom is -0.379 e. The molecular formula is C52H72F3N11O8. The summed E-state index contributed by atoms with van der Waals surface area (Å²) in [7, 11) is 3.76. The van der Waals surface area contributed by atoms with Crippen LogP contribution in [-0.2, 0) is 44.4 Å². The molecule has 2 aliphatic carbocycles. The Morgan fingerprint density at radius 3 is 2.36 bits per heavy atom. The lowest BCUT2D eigenvalue weighted by Crippen LogP contribution is -2.59. The molecule has 1 aromatic carbocycles. The van der Waals surface area contributed by atoms with Gasteiger partial charge in [-0.2, -0.15) is 13.2 Å². The summed E-state index contributed by atoms with van der Waals surface area (Å²) in [4.78, 5) is 96.6. The molecule has 4 fully saturated rings. The van der Waals surface area contributed by atoms with Crippen molar-refractivity contribution in [2.45, 2.75) is 139 Å². The molecule has 22 heteroatoms. The van der Waals surface area contributed by atoms with Gasteiger partial charge in [0, 0.05) is 87.8 Å². The Morgan fingerprint density at radius 1 is 0.865 bits per heavy atom. The number of ether oxygens (including phenoxy) is 2. The Balaban J connectivity index is 0.758. The maximum absolute atomic E-state index is 14.1. The molecule has 6 amide bonds. The van der Waals surface area contributed by atoms with Gasteiger partial charge < -0.3 is 50.8 Å². The number of halogens is 3. The minimum atomic E-state index is -4.55. The number of carbonyl (C=O) groups is 6. The summed E-state index contributed by atoms with van der Waals surface area (Å²) in [5.74, 6) is -1.50. The second-order valence-corrected chi connectivity index (χ2v) is 20.3. The number of rotatable bonds is 23. The number of nitrogens with zero attached hydrogens (tertiary/aromatic N) is 6. The van der Waals surface area contributed by atoms with Crippen LogP contribution in [0, 0.1) is 11.8 Å². The number of anilines is 1. The van der Waals surface area contributed by atoms with Gasteiger partial charge in [-0.05, 0) is 109 Å². The van der Waals surface area contributed by atoms with Crippen molar-refractivity contribution in [2.24, 2.45) is 11.8 Å². The molecule has 5 N–H and O–H groups in total. The molecule has 2 saturated heterocycles. The summed E-state index contributed by atoms with van der Waals surface area (Å²) in [5, 5.41) is 15.4. The molecule has 4 aliphatic rings. The summed E-state index contributed by atoms with van der Waals surface area (Å²) < 4.78 is 51.9. The van der Waals surface area contributed by atoms with Gasteiger partial charge in [0.1, 0.15) is 18.2 Å². The van der Waals surface area contributed by atoms with Gasteiger partial charge in [0.15, 0.2) is 0 Å². The van der Waals surface area contributed by atoms with E-state index in [1.54, 1.807) is 30.4 Å². The normalized spacial score (nSPS) is 24.4. The quantitative estimate of drug-likeness (QED) is 0.0843. The van der Waals surface area contributed by atoms with Crippen LogP contribution in [0.4, 0.5) is 19.0 Å². The standard InChI is InChI=1S/C52H72F3N11O8/c1-32(2)64(3)37-14-16-43(66-22-17-41(51(66)72)62-48-38-27-35(52(53,54)55)11-15-40(38)59-31-60-48)42(28-37)63-49(70)33-9-12-36(13-10-33)61-45(68)18-23-73-25-26-74-24-21-57-44(67)8-6-20-58-50(71)39-29-46(69)65(4)47(39)34-7-5-19-56-30-34/h5,7,11,15,19,27,30-33,36-37,39,41-43,47H,6,8-10,12-14,16-18,20-26,28-29H2,1-4H3,(H,57,67)(H,58,71)(H,61,68)(H,63,70)(H,59,60,62)/t33?,36?,37-,39+,41+,42-,43+,47-/m1/s1. The van der Waals surface area contributed by atoms with Crippen LogP contribution in [0.25, 0.3) is 10.9 Å². The Labute approximate surface area is 430 Å². The smallest absolute Gasteiger partial charge is 0.379 e. The van der Waals surface area contributed by atoms with Gasteiger partial charge in [-0.1, -0.05) is 6.07 Å². The lowest BCUT2D eigenvalue weighted by atomic mass is 9.82. The molecule has 0 spiro atoms. The fourth-order valence-electron chi connectivity index (χ4n) is 10.8. The lowest BCUT2D eigenvalue weighted by Gasteiger charge is -2.45. The van der Waals surface area contributed by atoms with E-state index in [-0.39, 0.29) is 135 Å². The molecule has 7 rings (SSSR count). The van der Waals surface area contributed by atoms with E-state index >= 15 is 0 Å². The molecule has 2 saturated carbocycles. The van der Waals surface area contributed by atoms with Crippen LogP contribution in [0.1, 0.15) is 108 Å². The van der Waals surface area contributed by atoms with Crippen LogP contribution in [0.15, 0.2) is 49.1 Å². The molecule has 6 atom stereocenters. The first-order valence-electron chi connectivity index (χ1n) is 26.0. The predicted molar refractivity (Wildman–Crippen MR) is 268 cm³/mol. The van der Waals surface area contributed by atoms with Gasteiger partial charge in [-0.25, -0.2) is 9.97 Å². The van der Waals surface area contributed by atoms with Gasteiger partial charge in [-0.3, -0.25) is 33.8 Å². The fraction of sp³-hybridized carbons (Fsp3) is 0.635. The summed E-state index contributed by atoms with van der Waals surface area (Å²) in [5.41, 5.74) is 0.297. The molecular weight excluding hydrogens is 964 g/mol. The third-order valence-corrected chi connectivity index (χ3v) is 15.1. The highest BCUT2D eigenvalue weighted by atomic mass is 19.4. The number of benzene rings is 1. The van der Waals surface area contributed by atoms with Gasteiger partial charge >= 0.3 is 6.18 Å². The molecule has 0 unspecified atom stereocenters. The van der Waals surface area contributed by atoms with Gasteiger partial charge in [0.2, 0.25) is 35.4 Å². The summed E-state index contributed by atoms with van der Waals surface area (Å²) in [6, 6.07) is 5.65. The molecule has 2 aliphatic heterocycles. The number of aromatic nitrogens is 3. The van der Waals surface area contributed by atoms with E-state index in [9.17, 15) is 41.9 Å². The van der Waals surface area contributed by atoms with Crippen LogP contribution < -0.4 is 26.6 Å². The van der Waals surface area contributed by atoms with E-state index in [1.165, 1.54) is 12.4 Å². The van der Waals surface area contributed by atoms with Gasteiger partial charge in [0.25, 0.3) is 0 Å². The average Bonchev–Trinajstić information content (AvgIpc) is 3.90. The molecule has 0 bridgehead atoms. The number of likely N-dealkylation sites (tertiary alicyclic amines) is 2. The van der Waals surface area contributed by atoms with Gasteiger partial charge in [-0.15, -0.1) is 0 Å². The molecule has 19 nitrogen and oxygen atoms in total. The maximum Gasteiger partial charge on any atom is 0.416 e.